The van der Waals surface area contributed by atoms with Crippen molar-refractivity contribution < 1.29 is 0 Å². The van der Waals surface area contributed by atoms with Gasteiger partial charge in [-0.1, -0.05) is 26.7 Å². The van der Waals surface area contributed by atoms with Gasteiger partial charge >= 0.3 is 0 Å². The smallest absolute Gasteiger partial charge is 0.0387 e. The lowest BCUT2D eigenvalue weighted by molar-refractivity contribution is 0.306. The minimum absolute atomic E-state index is 0.585. The van der Waals surface area contributed by atoms with Crippen LogP contribution >= 0.6 is 0 Å². The molecule has 0 aromatic heterocycles. The van der Waals surface area contributed by atoms with Crippen LogP contribution in [-0.4, -0.2) is 13.1 Å². The third kappa shape index (κ3) is 1.48. The lowest BCUT2D eigenvalue weighted by Crippen LogP contribution is -2.19. The topological polar surface area (TPSA) is 14.1 Å². The molecular weight excluding hydrogens is 98.1 g/mol. The second kappa shape index (κ2) is 2.06. The Kier molecular flexibility index (Phi) is 1.57. The highest BCUT2D eigenvalue weighted by atomic mass is 14.9. The Morgan fingerprint density at radius 2 is 1.62 bits per heavy atom. The van der Waals surface area contributed by atoms with E-state index in [1.165, 1.54) is 12.8 Å². The fourth-order valence-electron chi connectivity index (χ4n) is 1.00. The van der Waals surface area contributed by atoms with E-state index in [4.69, 9.17) is 0 Å². The molecule has 0 aromatic rings. The summed E-state index contributed by atoms with van der Waals surface area (Å²) in [5, 5.41) is 4.27. The molecule has 48 valence electrons. The fourth-order valence-corrected chi connectivity index (χ4v) is 1.00. The van der Waals surface area contributed by atoms with Crippen molar-refractivity contribution in [2.75, 3.05) is 13.1 Å². The van der Waals surface area contributed by atoms with E-state index in [2.05, 4.69) is 19.2 Å². The summed E-state index contributed by atoms with van der Waals surface area (Å²) in [5.74, 6) is 0. The SMILES string of the molecule is CC1(C)CC[N-]CC1. The van der Waals surface area contributed by atoms with Gasteiger partial charge in [-0.2, -0.15) is 0 Å². The maximum atomic E-state index is 4.27. The van der Waals surface area contributed by atoms with Crippen molar-refractivity contribution in [2.24, 2.45) is 5.41 Å². The average Bonchev–Trinajstić information content (AvgIpc) is 1.65. The van der Waals surface area contributed by atoms with Gasteiger partial charge in [-0.3, -0.25) is 0 Å². The number of hydrogen-bond acceptors (Lipinski definition) is 0. The van der Waals surface area contributed by atoms with Crippen molar-refractivity contribution in [3.8, 4) is 0 Å². The monoisotopic (exact) mass is 112 g/mol. The lowest BCUT2D eigenvalue weighted by atomic mass is 9.83. The normalized spacial score (nSPS) is 27.8. The molecule has 0 saturated carbocycles. The van der Waals surface area contributed by atoms with Gasteiger partial charge in [0, 0.05) is 0 Å². The van der Waals surface area contributed by atoms with Gasteiger partial charge in [0.05, 0.1) is 0 Å². The molecule has 0 aliphatic carbocycles. The van der Waals surface area contributed by atoms with E-state index in [0.29, 0.717) is 5.41 Å². The largest absolute Gasteiger partial charge is 0.662 e. The Morgan fingerprint density at radius 3 is 1.88 bits per heavy atom. The van der Waals surface area contributed by atoms with Crippen molar-refractivity contribution in [1.82, 2.24) is 0 Å². The molecule has 1 nitrogen and oxygen atoms in total. The number of nitrogens with zero attached hydrogens (tertiary/aromatic N) is 1. The lowest BCUT2D eigenvalue weighted by Gasteiger charge is -2.37. The summed E-state index contributed by atoms with van der Waals surface area (Å²) in [6.45, 7) is 6.82. The zero-order chi connectivity index (χ0) is 6.04. The van der Waals surface area contributed by atoms with E-state index in [1.807, 2.05) is 0 Å². The highest BCUT2D eigenvalue weighted by Gasteiger charge is 2.14. The van der Waals surface area contributed by atoms with Crippen molar-refractivity contribution in [1.29, 1.82) is 0 Å². The first-order chi connectivity index (χ1) is 3.71. The molecule has 1 rings (SSSR count). The van der Waals surface area contributed by atoms with E-state index in [9.17, 15) is 0 Å². The Balaban J connectivity index is 2.33. The summed E-state index contributed by atoms with van der Waals surface area (Å²) in [6, 6.07) is 0. The van der Waals surface area contributed by atoms with Gasteiger partial charge in [-0.25, -0.2) is 0 Å². The second-order valence-corrected chi connectivity index (χ2v) is 3.34. The maximum Gasteiger partial charge on any atom is -0.0387 e. The van der Waals surface area contributed by atoms with Crippen LogP contribution in [0.3, 0.4) is 0 Å². The van der Waals surface area contributed by atoms with Crippen LogP contribution in [0.5, 0.6) is 0 Å². The predicted octanol–water partition coefficient (Wildman–Crippen LogP) is 2.18. The highest BCUT2D eigenvalue weighted by Crippen LogP contribution is 2.29. The first kappa shape index (κ1) is 6.09. The van der Waals surface area contributed by atoms with E-state index in [1.54, 1.807) is 0 Å². The third-order valence-electron chi connectivity index (χ3n) is 1.89. The Hall–Kier alpha value is -0.0400. The van der Waals surface area contributed by atoms with Gasteiger partial charge in [0.2, 0.25) is 0 Å². The molecule has 0 radical (unpaired) electrons. The molecule has 0 unspecified atom stereocenters. The first-order valence-electron chi connectivity index (χ1n) is 3.34. The van der Waals surface area contributed by atoms with Crippen molar-refractivity contribution in [3.05, 3.63) is 5.32 Å². The van der Waals surface area contributed by atoms with Gasteiger partial charge in [-0.05, 0) is 5.41 Å². The highest BCUT2D eigenvalue weighted by molar-refractivity contribution is 4.91. The molecule has 0 bridgehead atoms. The predicted molar refractivity (Wildman–Crippen MR) is 36.1 cm³/mol. The van der Waals surface area contributed by atoms with E-state index in [-0.39, 0.29) is 0 Å². The third-order valence-corrected chi connectivity index (χ3v) is 1.89. The molecular formula is C7H14N-. The molecule has 0 atom stereocenters. The number of rotatable bonds is 0. The summed E-state index contributed by atoms with van der Waals surface area (Å²) in [4.78, 5) is 0. The molecule has 0 spiro atoms. The van der Waals surface area contributed by atoms with Crippen LogP contribution in [0, 0.1) is 5.41 Å². The van der Waals surface area contributed by atoms with Gasteiger partial charge in [0.1, 0.15) is 0 Å². The fraction of sp³-hybridized carbons (Fsp3) is 1.00. The summed E-state index contributed by atoms with van der Waals surface area (Å²) >= 11 is 0. The van der Waals surface area contributed by atoms with Crippen molar-refractivity contribution >= 4 is 0 Å². The number of hydrogen-bond donors (Lipinski definition) is 0. The van der Waals surface area contributed by atoms with Crippen LogP contribution in [0.25, 0.3) is 5.32 Å². The quantitative estimate of drug-likeness (QED) is 0.456. The van der Waals surface area contributed by atoms with Crippen molar-refractivity contribution in [2.45, 2.75) is 26.7 Å². The van der Waals surface area contributed by atoms with Crippen LogP contribution in [0.4, 0.5) is 0 Å². The maximum absolute atomic E-state index is 4.27. The Labute approximate surface area is 51.5 Å². The summed E-state index contributed by atoms with van der Waals surface area (Å²) in [5.41, 5.74) is 0.585. The Morgan fingerprint density at radius 1 is 1.12 bits per heavy atom. The molecule has 8 heavy (non-hydrogen) atoms. The Bertz CT molecular complexity index is 68.5. The minimum atomic E-state index is 0.585. The second-order valence-electron chi connectivity index (χ2n) is 3.34. The van der Waals surface area contributed by atoms with Gasteiger partial charge < -0.3 is 5.32 Å². The van der Waals surface area contributed by atoms with Crippen molar-refractivity contribution in [3.63, 3.8) is 0 Å². The minimum Gasteiger partial charge on any atom is -0.662 e. The molecule has 1 aliphatic rings. The molecule has 1 heteroatoms. The molecule has 1 fully saturated rings. The first-order valence-corrected chi connectivity index (χ1v) is 3.34. The van der Waals surface area contributed by atoms with E-state index in [0.717, 1.165) is 13.1 Å². The van der Waals surface area contributed by atoms with Crippen LogP contribution in [0.15, 0.2) is 0 Å². The van der Waals surface area contributed by atoms with Crippen LogP contribution in [0.2, 0.25) is 0 Å². The zero-order valence-corrected chi connectivity index (χ0v) is 5.78. The standard InChI is InChI=1S/C7H14N/c1-7(2)3-5-8-6-4-7/h3-6H2,1-2H3/q-1. The molecule has 0 amide bonds. The zero-order valence-electron chi connectivity index (χ0n) is 5.78. The molecule has 1 aliphatic heterocycles. The van der Waals surface area contributed by atoms with Gasteiger partial charge in [0.25, 0.3) is 0 Å². The summed E-state index contributed by atoms with van der Waals surface area (Å²) in [7, 11) is 0. The summed E-state index contributed by atoms with van der Waals surface area (Å²) in [6.07, 6.45) is 2.57. The molecule has 1 heterocycles. The van der Waals surface area contributed by atoms with Gasteiger partial charge in [-0.15, -0.1) is 13.1 Å². The average molecular weight is 112 g/mol. The van der Waals surface area contributed by atoms with E-state index >= 15 is 0 Å². The van der Waals surface area contributed by atoms with Crippen LogP contribution in [-0.2, 0) is 0 Å². The summed E-state index contributed by atoms with van der Waals surface area (Å²) < 4.78 is 0. The molecule has 0 aromatic carbocycles. The van der Waals surface area contributed by atoms with E-state index < -0.39 is 0 Å². The number of piperidine rings is 1. The molecule has 1 saturated heterocycles. The van der Waals surface area contributed by atoms with Gasteiger partial charge in [0.15, 0.2) is 0 Å². The molecule has 0 N–H and O–H groups in total. The van der Waals surface area contributed by atoms with Crippen LogP contribution < -0.4 is 0 Å². The van der Waals surface area contributed by atoms with Crippen LogP contribution in [0.1, 0.15) is 26.7 Å².